The number of anilines is 1. The van der Waals surface area contributed by atoms with Crippen molar-refractivity contribution in [2.45, 2.75) is 38.8 Å². The monoisotopic (exact) mass is 422 g/mol. The number of rotatable bonds is 3. The number of hydrogen-bond acceptors (Lipinski definition) is 4. The second-order valence-corrected chi connectivity index (χ2v) is 9.11. The Balaban J connectivity index is 1.56. The molecule has 0 N–H and O–H groups in total. The molecule has 3 aliphatic heterocycles. The highest BCUT2D eigenvalue weighted by Crippen LogP contribution is 2.48. The van der Waals surface area contributed by atoms with E-state index in [2.05, 4.69) is 4.90 Å². The molecule has 0 saturated carbocycles. The van der Waals surface area contributed by atoms with Crippen LogP contribution in [0.15, 0.2) is 42.5 Å². The molecule has 154 valence electrons. The van der Waals surface area contributed by atoms with E-state index in [1.807, 2.05) is 32.0 Å². The molecule has 2 aromatic carbocycles. The summed E-state index contributed by atoms with van der Waals surface area (Å²) in [6.07, 6.45) is 1.77. The molecule has 3 fully saturated rings. The summed E-state index contributed by atoms with van der Waals surface area (Å²) in [5.74, 6) is -1.61. The Hall–Kier alpha value is -2.50. The average Bonchev–Trinajstić information content (AvgIpc) is 3.33. The number of benzene rings is 2. The highest BCUT2D eigenvalue weighted by molar-refractivity contribution is 6.30. The van der Waals surface area contributed by atoms with Crippen LogP contribution in [0.4, 0.5) is 5.69 Å². The Kier molecular flexibility index (Phi) is 4.56. The molecule has 5 rings (SSSR count). The summed E-state index contributed by atoms with van der Waals surface area (Å²) in [7, 11) is 0. The van der Waals surface area contributed by atoms with Gasteiger partial charge in [-0.25, -0.2) is 4.90 Å². The van der Waals surface area contributed by atoms with Crippen LogP contribution in [0.3, 0.4) is 0 Å². The Bertz CT molecular complexity index is 1040. The van der Waals surface area contributed by atoms with Crippen molar-refractivity contribution < 1.29 is 14.4 Å². The van der Waals surface area contributed by atoms with Gasteiger partial charge in [0.25, 0.3) is 0 Å². The molecule has 4 atom stereocenters. The van der Waals surface area contributed by atoms with Gasteiger partial charge in [-0.1, -0.05) is 17.7 Å². The molecule has 0 radical (unpaired) electrons. The molecular weight excluding hydrogens is 400 g/mol. The van der Waals surface area contributed by atoms with Crippen LogP contribution in [-0.4, -0.2) is 41.1 Å². The number of imide groups is 1. The average molecular weight is 423 g/mol. The van der Waals surface area contributed by atoms with Crippen LogP contribution in [0.2, 0.25) is 5.02 Å². The van der Waals surface area contributed by atoms with Gasteiger partial charge in [0.1, 0.15) is 0 Å². The summed E-state index contributed by atoms with van der Waals surface area (Å²) in [6, 6.07) is 11.9. The summed E-state index contributed by atoms with van der Waals surface area (Å²) < 4.78 is 0. The van der Waals surface area contributed by atoms with Gasteiger partial charge in [0.2, 0.25) is 11.8 Å². The van der Waals surface area contributed by atoms with Crippen molar-refractivity contribution in [1.82, 2.24) is 4.90 Å². The molecule has 3 saturated heterocycles. The number of aryl methyl sites for hydroxylation is 2. The fourth-order valence-corrected chi connectivity index (χ4v) is 5.76. The number of halogens is 1. The predicted octanol–water partition coefficient (Wildman–Crippen LogP) is 3.79. The van der Waals surface area contributed by atoms with Crippen molar-refractivity contribution in [3.63, 3.8) is 0 Å². The van der Waals surface area contributed by atoms with Crippen LogP contribution in [0.25, 0.3) is 0 Å². The number of fused-ring (bicyclic) bond motifs is 3. The first-order chi connectivity index (χ1) is 14.4. The molecule has 0 bridgehead atoms. The topological polar surface area (TPSA) is 57.7 Å². The molecule has 3 aliphatic rings. The zero-order valence-corrected chi connectivity index (χ0v) is 17.7. The maximum absolute atomic E-state index is 13.6. The molecule has 2 amide bonds. The van der Waals surface area contributed by atoms with Gasteiger partial charge in [0.15, 0.2) is 5.78 Å². The third-order valence-electron chi connectivity index (χ3n) is 6.71. The highest BCUT2D eigenvalue weighted by Gasteiger charge is 2.64. The van der Waals surface area contributed by atoms with E-state index >= 15 is 0 Å². The molecule has 2 aromatic rings. The van der Waals surface area contributed by atoms with E-state index < -0.39 is 17.9 Å². The maximum Gasteiger partial charge on any atom is 0.239 e. The van der Waals surface area contributed by atoms with Crippen molar-refractivity contribution in [3.8, 4) is 0 Å². The van der Waals surface area contributed by atoms with Gasteiger partial charge in [0, 0.05) is 16.6 Å². The van der Waals surface area contributed by atoms with E-state index in [0.717, 1.165) is 30.5 Å². The third kappa shape index (κ3) is 2.83. The van der Waals surface area contributed by atoms with E-state index in [1.54, 1.807) is 24.3 Å². The lowest BCUT2D eigenvalue weighted by Gasteiger charge is -2.27. The number of ketones is 1. The van der Waals surface area contributed by atoms with Crippen LogP contribution < -0.4 is 4.90 Å². The second kappa shape index (κ2) is 7.03. The summed E-state index contributed by atoms with van der Waals surface area (Å²) >= 11 is 5.98. The molecular formula is C24H23ClN2O3. The van der Waals surface area contributed by atoms with E-state index in [-0.39, 0.29) is 23.6 Å². The lowest BCUT2D eigenvalue weighted by Crippen LogP contribution is -2.46. The number of Topliss-reactive ketones (excluding diaryl/α,β-unsaturated/α-hetero) is 1. The molecule has 6 heteroatoms. The molecule has 0 unspecified atom stereocenters. The largest absolute Gasteiger partial charge is 0.292 e. The van der Waals surface area contributed by atoms with Crippen LogP contribution in [-0.2, 0) is 9.59 Å². The number of carbonyl (C=O) groups is 3. The maximum atomic E-state index is 13.6. The Morgan fingerprint density at radius 2 is 1.60 bits per heavy atom. The van der Waals surface area contributed by atoms with Gasteiger partial charge in [-0.2, -0.15) is 0 Å². The normalized spacial score (nSPS) is 28.2. The van der Waals surface area contributed by atoms with Crippen LogP contribution in [0.5, 0.6) is 0 Å². The molecule has 3 heterocycles. The summed E-state index contributed by atoms with van der Waals surface area (Å²) in [4.78, 5) is 43.9. The minimum absolute atomic E-state index is 0.0522. The highest BCUT2D eigenvalue weighted by atomic mass is 35.5. The molecule has 0 aromatic heterocycles. The fraction of sp³-hybridized carbons (Fsp3) is 0.375. The first-order valence-corrected chi connectivity index (χ1v) is 10.8. The third-order valence-corrected chi connectivity index (χ3v) is 6.97. The smallest absolute Gasteiger partial charge is 0.239 e. The first-order valence-electron chi connectivity index (χ1n) is 10.4. The van der Waals surface area contributed by atoms with Gasteiger partial charge in [-0.15, -0.1) is 0 Å². The lowest BCUT2D eigenvalue weighted by atomic mass is 9.85. The van der Waals surface area contributed by atoms with Crippen LogP contribution in [0, 0.1) is 25.7 Å². The molecule has 0 spiro atoms. The van der Waals surface area contributed by atoms with E-state index in [1.165, 1.54) is 4.90 Å². The SMILES string of the molecule is Cc1cc(C)cc(N2C(=O)[C@@H]3[C@@H](C2=O)[C@@H](C(=O)c2ccc(Cl)cc2)N2CCC[C@H]32)c1. The molecule has 30 heavy (non-hydrogen) atoms. The van der Waals surface area contributed by atoms with Gasteiger partial charge < -0.3 is 0 Å². The minimum atomic E-state index is -0.633. The Morgan fingerprint density at radius 1 is 0.967 bits per heavy atom. The quantitative estimate of drug-likeness (QED) is 0.557. The summed E-state index contributed by atoms with van der Waals surface area (Å²) in [5.41, 5.74) is 3.14. The first kappa shape index (κ1) is 19.5. The van der Waals surface area contributed by atoms with Crippen LogP contribution >= 0.6 is 11.6 Å². The van der Waals surface area contributed by atoms with Gasteiger partial charge in [-0.3, -0.25) is 19.3 Å². The number of nitrogens with zero attached hydrogens (tertiary/aromatic N) is 2. The van der Waals surface area contributed by atoms with Crippen molar-refractivity contribution in [2.24, 2.45) is 11.8 Å². The number of hydrogen-bond donors (Lipinski definition) is 0. The van der Waals surface area contributed by atoms with Gasteiger partial charge >= 0.3 is 0 Å². The standard InChI is InChI=1S/C24H23ClN2O3/c1-13-10-14(2)12-17(11-13)27-23(29)19-18-4-3-9-26(18)21(20(19)24(27)30)22(28)15-5-7-16(25)8-6-15/h5-8,10-12,18-21H,3-4,9H2,1-2H3/t18-,19+,20-,21+/m1/s1. The van der Waals surface area contributed by atoms with Crippen molar-refractivity contribution in [2.75, 3.05) is 11.4 Å². The minimum Gasteiger partial charge on any atom is -0.292 e. The zero-order chi connectivity index (χ0) is 21.2. The zero-order valence-electron chi connectivity index (χ0n) is 17.0. The lowest BCUT2D eigenvalue weighted by molar-refractivity contribution is -0.123. The number of amides is 2. The van der Waals surface area contributed by atoms with Crippen molar-refractivity contribution in [1.29, 1.82) is 0 Å². The van der Waals surface area contributed by atoms with Gasteiger partial charge in [-0.05, 0) is 80.8 Å². The van der Waals surface area contributed by atoms with Crippen LogP contribution in [0.1, 0.15) is 34.3 Å². The van der Waals surface area contributed by atoms with E-state index in [4.69, 9.17) is 11.6 Å². The fourth-order valence-electron chi connectivity index (χ4n) is 5.63. The summed E-state index contributed by atoms with van der Waals surface area (Å²) in [5, 5.41) is 0.558. The van der Waals surface area contributed by atoms with Crippen molar-refractivity contribution >= 4 is 34.9 Å². The second-order valence-electron chi connectivity index (χ2n) is 8.67. The van der Waals surface area contributed by atoms with E-state index in [9.17, 15) is 14.4 Å². The molecule has 5 nitrogen and oxygen atoms in total. The van der Waals surface area contributed by atoms with Crippen molar-refractivity contribution in [3.05, 3.63) is 64.2 Å². The number of carbonyl (C=O) groups excluding carboxylic acids is 3. The van der Waals surface area contributed by atoms with Gasteiger partial charge in [0.05, 0.1) is 23.6 Å². The van der Waals surface area contributed by atoms with E-state index in [0.29, 0.717) is 16.3 Å². The Labute approximate surface area is 180 Å². The summed E-state index contributed by atoms with van der Waals surface area (Å²) in [6.45, 7) is 4.65. The predicted molar refractivity (Wildman–Crippen MR) is 115 cm³/mol. The Morgan fingerprint density at radius 3 is 2.27 bits per heavy atom. The molecule has 0 aliphatic carbocycles.